The van der Waals surface area contributed by atoms with Gasteiger partial charge in [0.15, 0.2) is 0 Å². The molecule has 0 saturated heterocycles. The van der Waals surface area contributed by atoms with Crippen LogP contribution >= 0.6 is 23.2 Å². The molecule has 0 unspecified atom stereocenters. The van der Waals surface area contributed by atoms with Crippen LogP contribution in [0.15, 0.2) is 18.2 Å². The minimum absolute atomic E-state index is 0.0716. The molecule has 2 rings (SSSR count). The van der Waals surface area contributed by atoms with E-state index < -0.39 is 11.8 Å². The first-order chi connectivity index (χ1) is 8.04. The van der Waals surface area contributed by atoms with E-state index in [0.717, 1.165) is 0 Å². The zero-order valence-corrected chi connectivity index (χ0v) is 9.60. The van der Waals surface area contributed by atoms with E-state index in [1.165, 1.54) is 18.2 Å². The van der Waals surface area contributed by atoms with Gasteiger partial charge in [-0.15, -0.1) is 0 Å². The number of nitrogens with one attached hydrogen (secondary N) is 1. The number of H-pyrrole nitrogens is 1. The van der Waals surface area contributed by atoms with Gasteiger partial charge in [-0.3, -0.25) is 4.79 Å². The molecule has 1 aromatic carbocycles. The molecule has 1 heterocycles. The number of carbonyl (C=O) groups is 2. The number of benzene rings is 1. The second-order valence-corrected chi connectivity index (χ2v) is 4.01. The fraction of sp³-hybridized carbons (Fsp3) is 0. The third-order valence-corrected chi connectivity index (χ3v) is 2.72. The lowest BCUT2D eigenvalue weighted by molar-refractivity contribution is -0.176. The Hall–Kier alpha value is -1.59. The zero-order valence-electron chi connectivity index (χ0n) is 8.09. The maximum Gasteiger partial charge on any atom is 0.419 e. The lowest BCUT2D eigenvalue weighted by Gasteiger charge is -1.95. The van der Waals surface area contributed by atoms with Crippen molar-refractivity contribution in [2.45, 2.75) is 0 Å². The summed E-state index contributed by atoms with van der Waals surface area (Å²) in [5.74, 6) is -2.78. The summed E-state index contributed by atoms with van der Waals surface area (Å²) in [4.78, 5) is 27.9. The van der Waals surface area contributed by atoms with Gasteiger partial charge in [0, 0.05) is 20.5 Å². The summed E-state index contributed by atoms with van der Waals surface area (Å²) < 4.78 is 11.7. The third-order valence-electron chi connectivity index (χ3n) is 2.20. The number of Topliss-reactive ketones (excluding diaryl/α,β-unsaturated/α-hetero) is 1. The predicted molar refractivity (Wildman–Crippen MR) is 59.8 cm³/mol. The molecule has 4 nitrogen and oxygen atoms in total. The highest BCUT2D eigenvalue weighted by Gasteiger charge is 2.25. The van der Waals surface area contributed by atoms with Crippen molar-refractivity contribution in [1.82, 2.24) is 4.98 Å². The highest BCUT2D eigenvalue weighted by atomic mass is 35.5. The molecule has 0 aliphatic carbocycles. The van der Waals surface area contributed by atoms with Crippen molar-refractivity contribution in [3.05, 3.63) is 33.9 Å². The molecule has 0 spiro atoms. The Morgan fingerprint density at radius 1 is 1.29 bits per heavy atom. The minimum atomic E-state index is -1.62. The van der Waals surface area contributed by atoms with Crippen LogP contribution in [0.1, 0.15) is 10.4 Å². The van der Waals surface area contributed by atoms with E-state index in [4.69, 9.17) is 23.2 Å². The largest absolute Gasteiger partial charge is 0.419 e. The molecule has 0 aliphatic heterocycles. The van der Waals surface area contributed by atoms with Crippen molar-refractivity contribution >= 4 is 45.9 Å². The average Bonchev–Trinajstić information content (AvgIpc) is 2.62. The maximum atomic E-state index is 11.7. The van der Waals surface area contributed by atoms with Crippen LogP contribution < -0.4 is 0 Å². The predicted octanol–water partition coefficient (Wildman–Crippen LogP) is 3.09. The van der Waals surface area contributed by atoms with Gasteiger partial charge in [-0.25, -0.2) is 9.74 Å². The molecule has 88 valence electrons. The second kappa shape index (κ2) is 4.35. The summed E-state index contributed by atoms with van der Waals surface area (Å²) >= 11 is 11.5. The first-order valence-electron chi connectivity index (χ1n) is 4.38. The average molecular weight is 276 g/mol. The highest BCUT2D eigenvalue weighted by Crippen LogP contribution is 2.28. The smallest absolute Gasteiger partial charge is 0.345 e. The van der Waals surface area contributed by atoms with Crippen LogP contribution in [0.5, 0.6) is 0 Å². The Morgan fingerprint density at radius 3 is 2.65 bits per heavy atom. The van der Waals surface area contributed by atoms with Gasteiger partial charge >= 0.3 is 5.97 Å². The molecular weight excluding hydrogens is 272 g/mol. The molecule has 0 bridgehead atoms. The van der Waals surface area contributed by atoms with Crippen molar-refractivity contribution in [2.75, 3.05) is 0 Å². The number of hydrogen-bond donors (Lipinski definition) is 1. The van der Waals surface area contributed by atoms with Crippen molar-refractivity contribution in [3.8, 4) is 0 Å². The van der Waals surface area contributed by atoms with Gasteiger partial charge in [-0.2, -0.15) is 0 Å². The molecule has 1 aromatic heterocycles. The number of carbonyl (C=O) groups excluding carboxylic acids is 2. The quantitative estimate of drug-likeness (QED) is 0.677. The number of aromatic amines is 1. The van der Waals surface area contributed by atoms with Crippen molar-refractivity contribution < 1.29 is 19.1 Å². The lowest BCUT2D eigenvalue weighted by Crippen LogP contribution is -2.14. The number of rotatable bonds is 2. The molecule has 0 atom stereocenters. The van der Waals surface area contributed by atoms with Crippen LogP contribution in [0.4, 0.5) is 4.53 Å². The van der Waals surface area contributed by atoms with E-state index in [2.05, 4.69) is 9.93 Å². The van der Waals surface area contributed by atoms with Crippen molar-refractivity contribution in [2.24, 2.45) is 0 Å². The minimum Gasteiger partial charge on any atom is -0.345 e. The van der Waals surface area contributed by atoms with E-state index in [-0.39, 0.29) is 10.7 Å². The molecule has 0 radical (unpaired) electrons. The summed E-state index contributed by atoms with van der Waals surface area (Å²) in [7, 11) is 0. The van der Waals surface area contributed by atoms with E-state index in [1.54, 1.807) is 0 Å². The first kappa shape index (κ1) is 11.9. The van der Waals surface area contributed by atoms with Gasteiger partial charge in [0.05, 0.1) is 5.56 Å². The van der Waals surface area contributed by atoms with Crippen LogP contribution in [-0.2, 0) is 9.74 Å². The molecule has 0 fully saturated rings. The van der Waals surface area contributed by atoms with Crippen LogP contribution in [0.25, 0.3) is 10.9 Å². The van der Waals surface area contributed by atoms with Gasteiger partial charge in [0.1, 0.15) is 5.15 Å². The van der Waals surface area contributed by atoms with Gasteiger partial charge < -0.3 is 4.98 Å². The monoisotopic (exact) mass is 275 g/mol. The molecule has 0 aliphatic rings. The Labute approximate surface area is 104 Å². The maximum absolute atomic E-state index is 11.7. The number of fused-ring (bicyclic) bond motifs is 1. The number of aromatic nitrogens is 1. The van der Waals surface area contributed by atoms with Crippen molar-refractivity contribution in [3.63, 3.8) is 0 Å². The molecule has 2 aromatic rings. The SMILES string of the molecule is O=C(OF)C(=O)c1c(Cl)[nH]c2cc(Cl)ccc12. The molecular formula is C10H4Cl2FNO3. The summed E-state index contributed by atoms with van der Waals surface area (Å²) in [6.07, 6.45) is 0. The van der Waals surface area contributed by atoms with E-state index in [9.17, 15) is 14.1 Å². The first-order valence-corrected chi connectivity index (χ1v) is 5.14. The normalized spacial score (nSPS) is 10.5. The van der Waals surface area contributed by atoms with Crippen molar-refractivity contribution in [1.29, 1.82) is 0 Å². The molecule has 0 amide bonds. The lowest BCUT2D eigenvalue weighted by atomic mass is 10.1. The van der Waals surface area contributed by atoms with Gasteiger partial charge in [0.25, 0.3) is 5.78 Å². The van der Waals surface area contributed by atoms with E-state index in [1.807, 2.05) is 0 Å². The van der Waals surface area contributed by atoms with Crippen LogP contribution in [-0.4, -0.2) is 16.7 Å². The Bertz CT molecular complexity index is 623. The number of hydrogen-bond acceptors (Lipinski definition) is 3. The topological polar surface area (TPSA) is 59.2 Å². The summed E-state index contributed by atoms with van der Waals surface area (Å²) in [5, 5.41) is 0.731. The van der Waals surface area contributed by atoms with Gasteiger partial charge in [0.2, 0.25) is 0 Å². The summed E-state index contributed by atoms with van der Waals surface area (Å²) in [5.41, 5.74) is 0.332. The molecule has 0 saturated carbocycles. The summed E-state index contributed by atoms with van der Waals surface area (Å²) in [6, 6.07) is 4.55. The summed E-state index contributed by atoms with van der Waals surface area (Å²) in [6.45, 7) is 0. The zero-order chi connectivity index (χ0) is 12.6. The molecule has 7 heteroatoms. The standard InChI is InChI=1S/C10H4Cl2FNO3/c11-4-1-2-5-6(3-4)14-9(12)7(5)8(15)10(16)17-13/h1-3,14H. The molecule has 1 N–H and O–H groups in total. The fourth-order valence-electron chi connectivity index (χ4n) is 1.50. The van der Waals surface area contributed by atoms with Gasteiger partial charge in [-0.1, -0.05) is 29.3 Å². The Balaban J connectivity index is 2.65. The van der Waals surface area contributed by atoms with Crippen LogP contribution in [0.2, 0.25) is 10.2 Å². The third kappa shape index (κ3) is 1.99. The highest BCUT2D eigenvalue weighted by molar-refractivity contribution is 6.47. The molecule has 17 heavy (non-hydrogen) atoms. The Kier molecular flexibility index (Phi) is 3.04. The van der Waals surface area contributed by atoms with Gasteiger partial charge in [-0.05, 0) is 12.1 Å². The Morgan fingerprint density at radius 2 is 2.00 bits per heavy atom. The number of ketones is 1. The second-order valence-electron chi connectivity index (χ2n) is 3.20. The fourth-order valence-corrected chi connectivity index (χ4v) is 1.96. The number of halogens is 3. The van der Waals surface area contributed by atoms with E-state index >= 15 is 0 Å². The van der Waals surface area contributed by atoms with Crippen LogP contribution in [0, 0.1) is 0 Å². The van der Waals surface area contributed by atoms with E-state index in [0.29, 0.717) is 15.9 Å². The van der Waals surface area contributed by atoms with Crippen LogP contribution in [0.3, 0.4) is 0 Å².